The van der Waals surface area contributed by atoms with Gasteiger partial charge in [-0.25, -0.2) is 9.59 Å². The van der Waals surface area contributed by atoms with E-state index in [0.717, 1.165) is 0 Å². The molecule has 0 radical (unpaired) electrons. The van der Waals surface area contributed by atoms with Crippen LogP contribution < -0.4 is 0 Å². The molecule has 122 valence electrons. The summed E-state index contributed by atoms with van der Waals surface area (Å²) in [6, 6.07) is -0.837. The van der Waals surface area contributed by atoms with E-state index in [0.29, 0.717) is 24.4 Å². The average Bonchev–Trinajstić information content (AvgIpc) is 2.98. The Labute approximate surface area is 128 Å². The Morgan fingerprint density at radius 3 is 2.27 bits per heavy atom. The van der Waals surface area contributed by atoms with Crippen LogP contribution in [0.2, 0.25) is 0 Å². The molecule has 0 saturated carbocycles. The van der Waals surface area contributed by atoms with Crippen molar-refractivity contribution in [3.63, 3.8) is 0 Å². The lowest BCUT2D eigenvalue weighted by atomic mass is 10.2. The highest BCUT2D eigenvalue weighted by atomic mass is 16.7. The largest absolute Gasteiger partial charge is 0.444 e. The van der Waals surface area contributed by atoms with Gasteiger partial charge in [0.2, 0.25) is 0 Å². The van der Waals surface area contributed by atoms with E-state index in [1.165, 1.54) is 4.90 Å². The molecule has 0 aromatic rings. The third-order valence-electron chi connectivity index (χ3n) is 3.34. The Morgan fingerprint density at radius 2 is 1.73 bits per heavy atom. The second-order valence-corrected chi connectivity index (χ2v) is 6.32. The van der Waals surface area contributed by atoms with Gasteiger partial charge in [-0.2, -0.15) is 0 Å². The van der Waals surface area contributed by atoms with E-state index in [2.05, 4.69) is 0 Å². The fourth-order valence-electron chi connectivity index (χ4n) is 2.36. The molecule has 22 heavy (non-hydrogen) atoms. The lowest BCUT2D eigenvalue weighted by molar-refractivity contribution is -0.200. The second-order valence-electron chi connectivity index (χ2n) is 6.32. The monoisotopic (exact) mass is 312 g/mol. The van der Waals surface area contributed by atoms with Gasteiger partial charge < -0.3 is 9.57 Å². The summed E-state index contributed by atoms with van der Waals surface area (Å²) in [5.41, 5.74) is -0.672. The van der Waals surface area contributed by atoms with Gasteiger partial charge in [-0.05, 0) is 33.6 Å². The molecular weight excluding hydrogens is 292 g/mol. The summed E-state index contributed by atoms with van der Waals surface area (Å²) in [5, 5.41) is 0.494. The van der Waals surface area contributed by atoms with Gasteiger partial charge in [-0.1, -0.05) is 0 Å². The first kappa shape index (κ1) is 16.3. The normalized spacial score (nSPS) is 22.2. The van der Waals surface area contributed by atoms with E-state index < -0.39 is 35.5 Å². The van der Waals surface area contributed by atoms with E-state index in [1.807, 2.05) is 0 Å². The van der Waals surface area contributed by atoms with Gasteiger partial charge in [0.05, 0.1) is 0 Å². The van der Waals surface area contributed by atoms with Crippen LogP contribution in [0.3, 0.4) is 0 Å². The fraction of sp³-hybridized carbons (Fsp3) is 0.714. The molecular formula is C14H20N2O6. The van der Waals surface area contributed by atoms with Gasteiger partial charge >= 0.3 is 12.1 Å². The number of hydroxylamine groups is 2. The summed E-state index contributed by atoms with van der Waals surface area (Å²) in [6.07, 6.45) is 0.500. The number of amides is 3. The number of rotatable bonds is 2. The predicted octanol–water partition coefficient (Wildman–Crippen LogP) is 0.993. The van der Waals surface area contributed by atoms with Crippen molar-refractivity contribution >= 4 is 23.9 Å². The Morgan fingerprint density at radius 1 is 1.14 bits per heavy atom. The number of carbonyl (C=O) groups excluding carboxylic acids is 4. The van der Waals surface area contributed by atoms with Gasteiger partial charge in [0, 0.05) is 19.4 Å². The van der Waals surface area contributed by atoms with Crippen molar-refractivity contribution in [3.8, 4) is 0 Å². The molecule has 0 aromatic heterocycles. The molecule has 2 saturated heterocycles. The fourth-order valence-corrected chi connectivity index (χ4v) is 2.36. The number of hydrogen-bond donors (Lipinski definition) is 0. The Bertz CT molecular complexity index is 494. The lowest BCUT2D eigenvalue weighted by Gasteiger charge is -2.28. The van der Waals surface area contributed by atoms with E-state index in [1.54, 1.807) is 20.8 Å². The molecule has 8 nitrogen and oxygen atoms in total. The van der Waals surface area contributed by atoms with Crippen LogP contribution in [0.25, 0.3) is 0 Å². The zero-order valence-electron chi connectivity index (χ0n) is 13.0. The van der Waals surface area contributed by atoms with Crippen molar-refractivity contribution in [2.75, 3.05) is 6.54 Å². The molecule has 1 atom stereocenters. The number of nitrogens with zero attached hydrogens (tertiary/aromatic N) is 2. The van der Waals surface area contributed by atoms with E-state index in [-0.39, 0.29) is 12.8 Å². The second kappa shape index (κ2) is 5.94. The molecule has 0 spiro atoms. The van der Waals surface area contributed by atoms with Crippen LogP contribution in [0.1, 0.15) is 46.5 Å². The Kier molecular flexibility index (Phi) is 4.39. The van der Waals surface area contributed by atoms with Gasteiger partial charge in [0.15, 0.2) is 0 Å². The number of carbonyl (C=O) groups is 4. The molecule has 0 aliphatic carbocycles. The molecule has 0 unspecified atom stereocenters. The van der Waals surface area contributed by atoms with Crippen LogP contribution in [0.4, 0.5) is 4.79 Å². The third-order valence-corrected chi connectivity index (χ3v) is 3.34. The first-order chi connectivity index (χ1) is 10.2. The summed E-state index contributed by atoms with van der Waals surface area (Å²) >= 11 is 0. The minimum absolute atomic E-state index is 0.0343. The Hall–Kier alpha value is -2.12. The summed E-state index contributed by atoms with van der Waals surface area (Å²) in [6.45, 7) is 5.57. The minimum atomic E-state index is -0.837. The van der Waals surface area contributed by atoms with Crippen molar-refractivity contribution in [1.29, 1.82) is 0 Å². The van der Waals surface area contributed by atoms with Crippen molar-refractivity contribution in [2.24, 2.45) is 0 Å². The van der Waals surface area contributed by atoms with Crippen LogP contribution >= 0.6 is 0 Å². The maximum absolute atomic E-state index is 12.2. The highest BCUT2D eigenvalue weighted by molar-refractivity contribution is 6.01. The smallest absolute Gasteiger partial charge is 0.411 e. The number of imide groups is 1. The maximum Gasteiger partial charge on any atom is 0.411 e. The Balaban J connectivity index is 2.00. The van der Waals surface area contributed by atoms with E-state index >= 15 is 0 Å². The van der Waals surface area contributed by atoms with Crippen molar-refractivity contribution in [3.05, 3.63) is 0 Å². The van der Waals surface area contributed by atoms with Gasteiger partial charge in [0.1, 0.15) is 11.6 Å². The standard InChI is InChI=1S/C14H20N2O6/c1-14(2,3)21-13(20)15-8-4-5-9(15)12(19)22-16-10(17)6-7-11(16)18/h9H,4-8H2,1-3H3/t9-/m1/s1. The predicted molar refractivity (Wildman–Crippen MR) is 73.1 cm³/mol. The molecule has 2 heterocycles. The highest BCUT2D eigenvalue weighted by Crippen LogP contribution is 2.23. The molecule has 8 heteroatoms. The third kappa shape index (κ3) is 3.55. The van der Waals surface area contributed by atoms with Crippen LogP contribution in [0.5, 0.6) is 0 Å². The molecule has 2 fully saturated rings. The van der Waals surface area contributed by atoms with Crippen molar-refractivity contribution in [2.45, 2.75) is 58.1 Å². The summed E-state index contributed by atoms with van der Waals surface area (Å²) in [5.74, 6) is -1.87. The van der Waals surface area contributed by atoms with Crippen molar-refractivity contribution < 1.29 is 28.8 Å². The molecule has 2 aliphatic heterocycles. The molecule has 0 N–H and O–H groups in total. The summed E-state index contributed by atoms with van der Waals surface area (Å²) in [4.78, 5) is 53.3. The van der Waals surface area contributed by atoms with E-state index in [9.17, 15) is 19.2 Å². The van der Waals surface area contributed by atoms with Crippen molar-refractivity contribution in [1.82, 2.24) is 9.96 Å². The van der Waals surface area contributed by atoms with Crippen LogP contribution in [-0.4, -0.2) is 52.0 Å². The van der Waals surface area contributed by atoms with Crippen LogP contribution in [0, 0.1) is 0 Å². The van der Waals surface area contributed by atoms with Gasteiger partial charge in [-0.3, -0.25) is 14.5 Å². The van der Waals surface area contributed by atoms with Gasteiger partial charge in [-0.15, -0.1) is 5.06 Å². The number of likely N-dealkylation sites (tertiary alicyclic amines) is 1. The maximum atomic E-state index is 12.2. The highest BCUT2D eigenvalue weighted by Gasteiger charge is 2.41. The quantitative estimate of drug-likeness (QED) is 0.706. The first-order valence-electron chi connectivity index (χ1n) is 7.26. The summed E-state index contributed by atoms with van der Waals surface area (Å²) < 4.78 is 5.25. The minimum Gasteiger partial charge on any atom is -0.444 e. The average molecular weight is 312 g/mol. The molecule has 0 aromatic carbocycles. The number of ether oxygens (including phenoxy) is 1. The molecule has 0 bridgehead atoms. The summed E-state index contributed by atoms with van der Waals surface area (Å²) in [7, 11) is 0. The zero-order valence-corrected chi connectivity index (χ0v) is 13.0. The van der Waals surface area contributed by atoms with Crippen LogP contribution in [-0.2, 0) is 24.0 Å². The number of hydrogen-bond acceptors (Lipinski definition) is 6. The molecule has 2 rings (SSSR count). The zero-order chi connectivity index (χ0) is 16.5. The van der Waals surface area contributed by atoms with E-state index in [4.69, 9.17) is 9.57 Å². The topological polar surface area (TPSA) is 93.2 Å². The molecule has 2 aliphatic rings. The molecule has 3 amide bonds. The lowest BCUT2D eigenvalue weighted by Crippen LogP contribution is -2.46. The SMILES string of the molecule is CC(C)(C)OC(=O)N1CCC[C@@H]1C(=O)ON1C(=O)CCC1=O. The van der Waals surface area contributed by atoms with Gasteiger partial charge in [0.25, 0.3) is 11.8 Å². The first-order valence-corrected chi connectivity index (χ1v) is 7.26. The van der Waals surface area contributed by atoms with Crippen LogP contribution in [0.15, 0.2) is 0 Å².